The first-order valence-electron chi connectivity index (χ1n) is 14.3. The third kappa shape index (κ3) is 6.52. The molecule has 2 aliphatic carbocycles. The van der Waals surface area contributed by atoms with Crippen molar-refractivity contribution >= 4 is 17.7 Å². The van der Waals surface area contributed by atoms with Crippen LogP contribution in [-0.2, 0) is 20.8 Å². The molecule has 4 rings (SSSR count). The molecule has 8 nitrogen and oxygen atoms in total. The minimum atomic E-state index is -0.602. The van der Waals surface area contributed by atoms with Crippen molar-refractivity contribution in [2.45, 2.75) is 102 Å². The van der Waals surface area contributed by atoms with E-state index in [1.54, 1.807) is 18.9 Å². The van der Waals surface area contributed by atoms with Crippen molar-refractivity contribution in [1.29, 1.82) is 0 Å². The Morgan fingerprint density at radius 3 is 2.54 bits per heavy atom. The molecule has 3 amide bonds. The van der Waals surface area contributed by atoms with Crippen molar-refractivity contribution in [1.82, 2.24) is 26.2 Å². The number of fused-ring (bicyclic) bond motifs is 1. The topological polar surface area (TPSA) is 103 Å². The Hall–Kier alpha value is -2.45. The summed E-state index contributed by atoms with van der Waals surface area (Å²) in [5.41, 5.74) is 2.48. The third-order valence-electron chi connectivity index (χ3n) is 8.58. The molecule has 37 heavy (non-hydrogen) atoms. The van der Waals surface area contributed by atoms with Crippen LogP contribution in [0.3, 0.4) is 0 Å². The Morgan fingerprint density at radius 1 is 1.05 bits per heavy atom. The maximum atomic E-state index is 14.1. The number of nitrogens with zero attached hydrogens (tertiary/aromatic N) is 1. The molecule has 1 aliphatic heterocycles. The molecule has 0 spiro atoms. The van der Waals surface area contributed by atoms with E-state index in [1.807, 2.05) is 13.0 Å². The second-order valence-electron chi connectivity index (χ2n) is 11.0. The number of hydrogen-bond donors (Lipinski definition) is 4. The number of carbonyl (C=O) groups is 3. The van der Waals surface area contributed by atoms with E-state index in [0.717, 1.165) is 51.5 Å². The Balaban J connectivity index is 1.54. The Morgan fingerprint density at radius 2 is 1.81 bits per heavy atom. The van der Waals surface area contributed by atoms with Crippen molar-refractivity contribution < 1.29 is 14.4 Å². The average molecular weight is 512 g/mol. The van der Waals surface area contributed by atoms with Gasteiger partial charge >= 0.3 is 0 Å². The van der Waals surface area contributed by atoms with Crippen LogP contribution in [0.5, 0.6) is 0 Å². The third-order valence-corrected chi connectivity index (χ3v) is 8.58. The molecule has 2 fully saturated rings. The van der Waals surface area contributed by atoms with Gasteiger partial charge in [0, 0.05) is 12.6 Å². The predicted molar refractivity (Wildman–Crippen MR) is 145 cm³/mol. The summed E-state index contributed by atoms with van der Waals surface area (Å²) in [6.07, 6.45) is 8.70. The van der Waals surface area contributed by atoms with Gasteiger partial charge in [-0.25, -0.2) is 0 Å². The van der Waals surface area contributed by atoms with Crippen LogP contribution in [0.4, 0.5) is 0 Å². The van der Waals surface area contributed by atoms with Gasteiger partial charge in [0.1, 0.15) is 12.1 Å². The van der Waals surface area contributed by atoms with E-state index in [9.17, 15) is 14.4 Å². The maximum Gasteiger partial charge on any atom is 0.246 e. The molecule has 1 aromatic carbocycles. The molecule has 3 aliphatic rings. The van der Waals surface area contributed by atoms with Crippen molar-refractivity contribution in [2.75, 3.05) is 20.1 Å². The molecule has 4 N–H and O–H groups in total. The minimum Gasteiger partial charge on any atom is -0.347 e. The largest absolute Gasteiger partial charge is 0.347 e. The maximum absolute atomic E-state index is 14.1. The van der Waals surface area contributed by atoms with Crippen LogP contribution in [0.1, 0.15) is 82.4 Å². The zero-order valence-electron chi connectivity index (χ0n) is 22.7. The first-order chi connectivity index (χ1) is 17.9. The van der Waals surface area contributed by atoms with Crippen LogP contribution < -0.4 is 21.3 Å². The molecule has 0 bridgehead atoms. The quantitative estimate of drug-likeness (QED) is 0.408. The molecular weight excluding hydrogens is 466 g/mol. The van der Waals surface area contributed by atoms with Crippen molar-refractivity contribution in [2.24, 2.45) is 5.92 Å². The molecule has 1 saturated carbocycles. The van der Waals surface area contributed by atoms with Crippen LogP contribution >= 0.6 is 0 Å². The number of benzene rings is 1. The Kier molecular flexibility index (Phi) is 9.60. The predicted octanol–water partition coefficient (Wildman–Crippen LogP) is 2.43. The summed E-state index contributed by atoms with van der Waals surface area (Å²) in [4.78, 5) is 42.5. The minimum absolute atomic E-state index is 0.0297. The Labute approximate surface area is 221 Å². The molecule has 204 valence electrons. The number of likely N-dealkylation sites (N-methyl/N-ethyl adjacent to an activating group) is 2. The van der Waals surface area contributed by atoms with Gasteiger partial charge < -0.3 is 26.2 Å². The van der Waals surface area contributed by atoms with E-state index in [1.165, 1.54) is 17.5 Å². The lowest BCUT2D eigenvalue weighted by molar-refractivity contribution is -0.143. The summed E-state index contributed by atoms with van der Waals surface area (Å²) in [6.45, 7) is 5.10. The summed E-state index contributed by atoms with van der Waals surface area (Å²) >= 11 is 0. The average Bonchev–Trinajstić information content (AvgIpc) is 3.35. The standard InChI is InChI=1S/C29H45N5O3/c1-4-31-22-17-25(28(36)32-24-16-10-14-20-11-8-9-15-23(20)24)34(18-22)29(37)26(21-12-6-5-7-13-21)33-27(35)19(2)30-3/h8-9,11,15,19,21-22,24-26,30-31H,4-7,10,12-14,16-18H2,1-3H3,(H,32,36)(H,33,35)/t19-,22-,24+,25-,26-/m0/s1. The van der Waals surface area contributed by atoms with E-state index >= 15 is 0 Å². The van der Waals surface area contributed by atoms with Crippen molar-refractivity contribution in [3.05, 3.63) is 35.4 Å². The highest BCUT2D eigenvalue weighted by molar-refractivity contribution is 5.94. The summed E-state index contributed by atoms with van der Waals surface area (Å²) in [5, 5.41) is 12.8. The first-order valence-corrected chi connectivity index (χ1v) is 14.3. The molecule has 8 heteroatoms. The zero-order chi connectivity index (χ0) is 26.4. The van der Waals surface area contributed by atoms with Crippen LogP contribution in [0.2, 0.25) is 0 Å². The van der Waals surface area contributed by atoms with E-state index in [-0.39, 0.29) is 35.7 Å². The highest BCUT2D eigenvalue weighted by Gasteiger charge is 2.44. The smallest absolute Gasteiger partial charge is 0.246 e. The highest BCUT2D eigenvalue weighted by Crippen LogP contribution is 2.32. The van der Waals surface area contributed by atoms with Gasteiger partial charge in [-0.1, -0.05) is 50.5 Å². The summed E-state index contributed by atoms with van der Waals surface area (Å²) in [7, 11) is 1.74. The van der Waals surface area contributed by atoms with E-state index in [0.29, 0.717) is 13.0 Å². The molecule has 5 atom stereocenters. The van der Waals surface area contributed by atoms with Crippen LogP contribution in [0.15, 0.2) is 24.3 Å². The van der Waals surface area contributed by atoms with Crippen molar-refractivity contribution in [3.63, 3.8) is 0 Å². The number of nitrogens with one attached hydrogen (secondary N) is 4. The monoisotopic (exact) mass is 511 g/mol. The van der Waals surface area contributed by atoms with Gasteiger partial charge in [-0.3, -0.25) is 14.4 Å². The number of aryl methyl sites for hydroxylation is 1. The molecule has 0 unspecified atom stereocenters. The second kappa shape index (κ2) is 12.9. The molecule has 1 heterocycles. The summed E-state index contributed by atoms with van der Waals surface area (Å²) < 4.78 is 0. The van der Waals surface area contributed by atoms with Gasteiger partial charge in [-0.15, -0.1) is 0 Å². The zero-order valence-corrected chi connectivity index (χ0v) is 22.7. The number of hydrogen-bond acceptors (Lipinski definition) is 5. The lowest BCUT2D eigenvalue weighted by Gasteiger charge is -2.35. The molecule has 0 aromatic heterocycles. The lowest BCUT2D eigenvalue weighted by Crippen LogP contribution is -2.58. The van der Waals surface area contributed by atoms with Gasteiger partial charge in [0.25, 0.3) is 0 Å². The van der Waals surface area contributed by atoms with Crippen LogP contribution in [0.25, 0.3) is 0 Å². The summed E-state index contributed by atoms with van der Waals surface area (Å²) in [5.74, 6) is -0.282. The fraction of sp³-hybridized carbons (Fsp3) is 0.690. The SMILES string of the molecule is CCN[C@H]1C[C@@H](C(=O)N[C@@H]2CCCc3ccccc32)N(C(=O)[C@@H](NC(=O)[C@H](C)NC)C2CCCCC2)C1. The fourth-order valence-electron chi connectivity index (χ4n) is 6.37. The summed E-state index contributed by atoms with van der Waals surface area (Å²) in [6, 6.07) is 6.82. The van der Waals surface area contributed by atoms with Crippen LogP contribution in [-0.4, -0.2) is 66.9 Å². The highest BCUT2D eigenvalue weighted by atomic mass is 16.2. The number of rotatable bonds is 9. The van der Waals surface area contributed by atoms with Gasteiger partial charge in [-0.2, -0.15) is 0 Å². The van der Waals surface area contributed by atoms with E-state index in [2.05, 4.69) is 39.5 Å². The fourth-order valence-corrected chi connectivity index (χ4v) is 6.37. The molecule has 1 saturated heterocycles. The van der Waals surface area contributed by atoms with Crippen LogP contribution in [0, 0.1) is 5.92 Å². The van der Waals surface area contributed by atoms with E-state index < -0.39 is 18.1 Å². The van der Waals surface area contributed by atoms with Gasteiger partial charge in [0.2, 0.25) is 17.7 Å². The second-order valence-corrected chi connectivity index (χ2v) is 11.0. The number of carbonyl (C=O) groups excluding carboxylic acids is 3. The molecule has 1 aromatic rings. The molecular formula is C29H45N5O3. The molecule has 0 radical (unpaired) electrons. The lowest BCUT2D eigenvalue weighted by atomic mass is 9.83. The Bertz CT molecular complexity index is 947. The van der Waals surface area contributed by atoms with Gasteiger partial charge in [0.05, 0.1) is 12.1 Å². The van der Waals surface area contributed by atoms with Crippen molar-refractivity contribution in [3.8, 4) is 0 Å². The van der Waals surface area contributed by atoms with Gasteiger partial charge in [-0.05, 0) is 76.1 Å². The number of likely N-dealkylation sites (tertiary alicyclic amines) is 1. The van der Waals surface area contributed by atoms with E-state index in [4.69, 9.17) is 0 Å². The normalized spacial score (nSPS) is 25.7. The van der Waals surface area contributed by atoms with Gasteiger partial charge in [0.15, 0.2) is 0 Å². The number of amides is 3. The first kappa shape index (κ1) is 27.6.